The second-order valence-electron chi connectivity index (χ2n) is 4.56. The monoisotopic (exact) mass is 351 g/mol. The van der Waals surface area contributed by atoms with Gasteiger partial charge in [0, 0.05) is 6.54 Å². The lowest BCUT2D eigenvalue weighted by atomic mass is 10.5. The van der Waals surface area contributed by atoms with Crippen LogP contribution >= 0.6 is 15.0 Å². The molecule has 0 bridgehead atoms. The molecule has 22 heavy (non-hydrogen) atoms. The standard InChI is InChI=1S/C9H15N5O6P2/c10-8-7-9(12-3-11-8)14(4-13-7)1-2-20-5-21(15,16)6-22(17,18)19/h3-4H,1-2,5-6H2,(H,15,16)(H2,10,11,12)(H2,17,18,19). The summed E-state index contributed by atoms with van der Waals surface area (Å²) in [5, 5.41) is 0. The average Bonchev–Trinajstić information content (AvgIpc) is 2.76. The first-order valence-electron chi connectivity index (χ1n) is 6.02. The number of aromatic nitrogens is 4. The Kier molecular flexibility index (Phi) is 4.96. The van der Waals surface area contributed by atoms with E-state index in [-0.39, 0.29) is 19.0 Å². The molecule has 2 aromatic rings. The van der Waals surface area contributed by atoms with Gasteiger partial charge in [0.15, 0.2) is 11.5 Å². The highest BCUT2D eigenvalue weighted by atomic mass is 31.2. The Morgan fingerprint density at radius 2 is 1.95 bits per heavy atom. The maximum atomic E-state index is 11.5. The lowest BCUT2D eigenvalue weighted by molar-refractivity contribution is 0.160. The lowest BCUT2D eigenvalue weighted by Gasteiger charge is -2.13. The van der Waals surface area contributed by atoms with Crippen molar-refractivity contribution in [3.63, 3.8) is 0 Å². The molecule has 0 saturated heterocycles. The van der Waals surface area contributed by atoms with Crippen LogP contribution in [0, 0.1) is 0 Å². The number of fused-ring (bicyclic) bond motifs is 1. The maximum absolute atomic E-state index is 11.5. The van der Waals surface area contributed by atoms with Gasteiger partial charge in [0.25, 0.3) is 0 Å². The van der Waals surface area contributed by atoms with Gasteiger partial charge in [-0.1, -0.05) is 0 Å². The number of ether oxygens (including phenoxy) is 1. The van der Waals surface area contributed by atoms with Crippen LogP contribution in [-0.4, -0.2) is 53.1 Å². The van der Waals surface area contributed by atoms with Gasteiger partial charge in [-0.25, -0.2) is 15.0 Å². The van der Waals surface area contributed by atoms with Crippen LogP contribution in [-0.2, 0) is 20.4 Å². The summed E-state index contributed by atoms with van der Waals surface area (Å²) in [5.41, 5.74) is 6.58. The Labute approximate surface area is 124 Å². The van der Waals surface area contributed by atoms with E-state index in [0.29, 0.717) is 11.2 Å². The zero-order chi connectivity index (χ0) is 16.4. The Balaban J connectivity index is 1.90. The third kappa shape index (κ3) is 4.57. The zero-order valence-corrected chi connectivity index (χ0v) is 13.1. The summed E-state index contributed by atoms with van der Waals surface area (Å²) in [4.78, 5) is 38.6. The molecule has 11 nitrogen and oxygen atoms in total. The van der Waals surface area contributed by atoms with Crippen molar-refractivity contribution in [3.8, 4) is 0 Å². The molecule has 1 unspecified atom stereocenters. The summed E-state index contributed by atoms with van der Waals surface area (Å²) in [7, 11) is -8.59. The highest BCUT2D eigenvalue weighted by Crippen LogP contribution is 2.54. The third-order valence-electron chi connectivity index (χ3n) is 2.60. The molecule has 0 fully saturated rings. The van der Waals surface area contributed by atoms with E-state index in [0.717, 1.165) is 0 Å². The molecule has 2 rings (SSSR count). The molecule has 0 amide bonds. The molecule has 0 saturated carbocycles. The molecular weight excluding hydrogens is 336 g/mol. The second-order valence-corrected chi connectivity index (χ2v) is 8.97. The van der Waals surface area contributed by atoms with Crippen molar-refractivity contribution in [2.24, 2.45) is 0 Å². The predicted molar refractivity (Wildman–Crippen MR) is 77.3 cm³/mol. The number of anilines is 1. The number of imidazole rings is 1. The molecule has 122 valence electrons. The van der Waals surface area contributed by atoms with Crippen molar-refractivity contribution in [1.82, 2.24) is 19.5 Å². The Bertz CT molecular complexity index is 758. The quantitative estimate of drug-likeness (QED) is 0.386. The van der Waals surface area contributed by atoms with Crippen LogP contribution in [0.1, 0.15) is 0 Å². The van der Waals surface area contributed by atoms with Gasteiger partial charge < -0.3 is 29.7 Å². The minimum Gasteiger partial charge on any atom is -0.382 e. The van der Waals surface area contributed by atoms with Gasteiger partial charge in [0.1, 0.15) is 24.1 Å². The van der Waals surface area contributed by atoms with Crippen molar-refractivity contribution in [2.45, 2.75) is 6.54 Å². The van der Waals surface area contributed by atoms with Crippen molar-refractivity contribution in [2.75, 3.05) is 24.6 Å². The lowest BCUT2D eigenvalue weighted by Crippen LogP contribution is -2.08. The number of nitrogen functional groups attached to an aromatic ring is 1. The van der Waals surface area contributed by atoms with E-state index in [1.165, 1.54) is 12.7 Å². The number of hydrogen-bond acceptors (Lipinski definition) is 7. The van der Waals surface area contributed by atoms with Gasteiger partial charge in [-0.3, -0.25) is 9.13 Å². The molecule has 0 aliphatic rings. The first-order valence-corrected chi connectivity index (χ1v) is 9.85. The van der Waals surface area contributed by atoms with Crippen LogP contribution in [0.4, 0.5) is 5.82 Å². The van der Waals surface area contributed by atoms with Gasteiger partial charge in [-0.15, -0.1) is 0 Å². The number of hydrogen-bond donors (Lipinski definition) is 4. The van der Waals surface area contributed by atoms with E-state index >= 15 is 0 Å². The van der Waals surface area contributed by atoms with Crippen LogP contribution in [0.2, 0.25) is 0 Å². The summed E-state index contributed by atoms with van der Waals surface area (Å²) in [6.07, 6.45) is 2.13. The smallest absolute Gasteiger partial charge is 0.335 e. The Hall–Kier alpha value is -1.35. The molecule has 13 heteroatoms. The minimum atomic E-state index is -4.56. The van der Waals surface area contributed by atoms with E-state index in [9.17, 15) is 14.0 Å². The number of nitrogens with zero attached hydrogens (tertiary/aromatic N) is 4. The highest BCUT2D eigenvalue weighted by molar-refractivity contribution is 7.72. The van der Waals surface area contributed by atoms with E-state index in [4.69, 9.17) is 20.3 Å². The summed E-state index contributed by atoms with van der Waals surface area (Å²) < 4.78 is 28.9. The van der Waals surface area contributed by atoms with E-state index < -0.39 is 27.2 Å². The number of nitrogens with two attached hydrogens (primary N) is 1. The molecule has 0 radical (unpaired) electrons. The fraction of sp³-hybridized carbons (Fsp3) is 0.444. The van der Waals surface area contributed by atoms with Gasteiger partial charge >= 0.3 is 7.60 Å². The Morgan fingerprint density at radius 1 is 1.23 bits per heavy atom. The van der Waals surface area contributed by atoms with Crippen LogP contribution in [0.15, 0.2) is 12.7 Å². The third-order valence-corrected chi connectivity index (χ3v) is 6.43. The topological polar surface area (TPSA) is 174 Å². The Morgan fingerprint density at radius 3 is 2.64 bits per heavy atom. The molecule has 0 aliphatic carbocycles. The fourth-order valence-corrected chi connectivity index (χ4v) is 4.81. The summed E-state index contributed by atoms with van der Waals surface area (Å²) in [6, 6.07) is 0. The molecule has 0 spiro atoms. The first-order chi connectivity index (χ1) is 10.2. The van der Waals surface area contributed by atoms with Crippen LogP contribution < -0.4 is 5.73 Å². The molecule has 1 atom stereocenters. The summed E-state index contributed by atoms with van der Waals surface area (Å²) in [5.74, 6) is -0.858. The minimum absolute atomic E-state index is 0.0427. The second kappa shape index (κ2) is 6.41. The molecule has 0 aliphatic heterocycles. The van der Waals surface area contributed by atoms with Crippen molar-refractivity contribution < 1.29 is 28.5 Å². The summed E-state index contributed by atoms with van der Waals surface area (Å²) >= 11 is 0. The van der Waals surface area contributed by atoms with E-state index in [2.05, 4.69) is 15.0 Å². The normalized spacial score (nSPS) is 15.0. The number of rotatable bonds is 7. The van der Waals surface area contributed by atoms with Crippen LogP contribution in [0.3, 0.4) is 0 Å². The highest BCUT2D eigenvalue weighted by Gasteiger charge is 2.29. The molecule has 0 aromatic carbocycles. The summed E-state index contributed by atoms with van der Waals surface area (Å²) in [6.45, 7) is 0.323. The van der Waals surface area contributed by atoms with Gasteiger partial charge in [-0.2, -0.15) is 0 Å². The van der Waals surface area contributed by atoms with Gasteiger partial charge in [-0.05, 0) is 0 Å². The van der Waals surface area contributed by atoms with Gasteiger partial charge in [0.05, 0.1) is 12.9 Å². The van der Waals surface area contributed by atoms with Crippen molar-refractivity contribution in [1.29, 1.82) is 0 Å². The van der Waals surface area contributed by atoms with Crippen LogP contribution in [0.25, 0.3) is 11.2 Å². The average molecular weight is 351 g/mol. The molecular formula is C9H15N5O6P2. The van der Waals surface area contributed by atoms with E-state index in [1.54, 1.807) is 4.57 Å². The van der Waals surface area contributed by atoms with Crippen molar-refractivity contribution >= 4 is 31.9 Å². The largest absolute Gasteiger partial charge is 0.382 e. The molecule has 2 heterocycles. The van der Waals surface area contributed by atoms with Crippen LogP contribution in [0.5, 0.6) is 0 Å². The zero-order valence-electron chi connectivity index (χ0n) is 11.3. The van der Waals surface area contributed by atoms with E-state index in [1.807, 2.05) is 0 Å². The molecule has 5 N–H and O–H groups in total. The van der Waals surface area contributed by atoms with Crippen molar-refractivity contribution in [3.05, 3.63) is 12.7 Å². The SMILES string of the molecule is Nc1ncnc2c1ncn2CCOCP(=O)(O)CP(=O)(O)O. The maximum Gasteiger partial charge on any atom is 0.335 e. The van der Waals surface area contributed by atoms with Gasteiger partial charge in [0.2, 0.25) is 7.37 Å². The fourth-order valence-electron chi connectivity index (χ4n) is 1.76. The predicted octanol–water partition coefficient (Wildman–Crippen LogP) is -0.212. The molecule has 2 aromatic heterocycles. The first kappa shape index (κ1) is 17.0.